The molecule has 1 aromatic carbocycles. The van der Waals surface area contributed by atoms with Gasteiger partial charge in [0, 0.05) is 17.6 Å². The van der Waals surface area contributed by atoms with Crippen LogP contribution in [0.4, 0.5) is 0 Å². The molecular weight excluding hydrogens is 298 g/mol. The third-order valence-electron chi connectivity index (χ3n) is 3.21. The number of benzene rings is 1. The van der Waals surface area contributed by atoms with Crippen LogP contribution >= 0.6 is 11.6 Å². The molecule has 0 saturated carbocycles. The molecule has 0 spiro atoms. The molecule has 1 heterocycles. The fourth-order valence-electron chi connectivity index (χ4n) is 2.17. The molecule has 1 saturated heterocycles. The van der Waals surface area contributed by atoms with Gasteiger partial charge in [0.15, 0.2) is 17.6 Å². The third kappa shape index (κ3) is 3.58. The van der Waals surface area contributed by atoms with Crippen molar-refractivity contribution in [2.24, 2.45) is 0 Å². The minimum atomic E-state index is -1.19. The van der Waals surface area contributed by atoms with E-state index in [1.807, 2.05) is 0 Å². The van der Waals surface area contributed by atoms with E-state index in [2.05, 4.69) is 5.32 Å². The largest absolute Gasteiger partial charge is 0.493 e. The van der Waals surface area contributed by atoms with Crippen molar-refractivity contribution in [3.8, 4) is 11.5 Å². The quantitative estimate of drug-likeness (QED) is 0.889. The summed E-state index contributed by atoms with van der Waals surface area (Å²) in [5.74, 6) is -1.23. The number of carbonyl (C=O) groups is 2. The first kappa shape index (κ1) is 15.4. The summed E-state index contributed by atoms with van der Waals surface area (Å²) in [6, 6.07) is 2.73. The highest BCUT2D eigenvalue weighted by atomic mass is 35.5. The monoisotopic (exact) mass is 313 g/mol. The van der Waals surface area contributed by atoms with Gasteiger partial charge in [-0.1, -0.05) is 11.6 Å². The van der Waals surface area contributed by atoms with Crippen molar-refractivity contribution < 1.29 is 24.2 Å². The number of nitrogens with one attached hydrogen (secondary N) is 1. The van der Waals surface area contributed by atoms with Gasteiger partial charge in [-0.2, -0.15) is 0 Å². The maximum absolute atomic E-state index is 11.9. The van der Waals surface area contributed by atoms with Crippen molar-refractivity contribution >= 4 is 23.5 Å². The second kappa shape index (κ2) is 6.67. The Bertz CT molecular complexity index is 561. The topological polar surface area (TPSA) is 84.9 Å². The molecule has 1 amide bonds. The van der Waals surface area contributed by atoms with E-state index in [9.17, 15) is 14.7 Å². The van der Waals surface area contributed by atoms with Crippen LogP contribution in [0.1, 0.15) is 29.6 Å². The molecule has 2 rings (SSSR count). The average molecular weight is 314 g/mol. The number of aromatic carboxylic acids is 1. The Kier molecular flexibility index (Phi) is 4.90. The Morgan fingerprint density at radius 2 is 2.19 bits per heavy atom. The number of rotatable bonds is 4. The molecule has 0 aromatic heterocycles. The number of methoxy groups -OCH3 is 1. The minimum Gasteiger partial charge on any atom is -0.493 e. The maximum atomic E-state index is 11.9. The van der Waals surface area contributed by atoms with Crippen LogP contribution in [-0.4, -0.2) is 36.7 Å². The van der Waals surface area contributed by atoms with Crippen molar-refractivity contribution in [3.05, 3.63) is 22.7 Å². The highest BCUT2D eigenvalue weighted by molar-refractivity contribution is 6.31. The molecule has 6 nitrogen and oxygen atoms in total. The summed E-state index contributed by atoms with van der Waals surface area (Å²) in [6.07, 6.45) is 1.48. The lowest BCUT2D eigenvalue weighted by atomic mass is 10.1. The Morgan fingerprint density at radius 3 is 2.86 bits per heavy atom. The number of carboxylic acid groups (broad SMARTS) is 1. The molecule has 1 aromatic rings. The molecule has 1 aliphatic rings. The highest BCUT2D eigenvalue weighted by Crippen LogP contribution is 2.36. The number of carboxylic acids is 1. The number of hydrogen-bond acceptors (Lipinski definition) is 4. The van der Waals surface area contributed by atoms with Gasteiger partial charge in [-0.05, 0) is 25.3 Å². The van der Waals surface area contributed by atoms with Gasteiger partial charge in [0.1, 0.15) is 5.56 Å². The normalized spacial score (nSPS) is 18.6. The standard InChI is InChI=1S/C14H16ClNO5/c1-20-11-7-8(15)6-9(14(18)19)12(11)21-10-4-2-3-5-16-13(10)17/h6-7,10H,2-5H2,1H3,(H,16,17)(H,18,19). The van der Waals surface area contributed by atoms with Gasteiger partial charge in [0.2, 0.25) is 0 Å². The lowest BCUT2D eigenvalue weighted by Crippen LogP contribution is -2.36. The maximum Gasteiger partial charge on any atom is 0.339 e. The number of carbonyl (C=O) groups excluding carboxylic acids is 1. The Balaban J connectivity index is 2.37. The van der Waals surface area contributed by atoms with E-state index in [1.54, 1.807) is 0 Å². The SMILES string of the molecule is COc1cc(Cl)cc(C(=O)O)c1OC1CCCCNC1=O. The van der Waals surface area contributed by atoms with Crippen molar-refractivity contribution in [2.45, 2.75) is 25.4 Å². The number of amides is 1. The van der Waals surface area contributed by atoms with E-state index in [-0.39, 0.29) is 28.0 Å². The number of hydrogen-bond donors (Lipinski definition) is 2. The van der Waals surface area contributed by atoms with Gasteiger partial charge in [-0.15, -0.1) is 0 Å². The minimum absolute atomic E-state index is 0.0245. The third-order valence-corrected chi connectivity index (χ3v) is 3.43. The van der Waals surface area contributed by atoms with Crippen LogP contribution in [-0.2, 0) is 4.79 Å². The predicted molar refractivity (Wildman–Crippen MR) is 76.2 cm³/mol. The molecule has 1 atom stereocenters. The van der Waals surface area contributed by atoms with Crippen molar-refractivity contribution in [1.82, 2.24) is 5.32 Å². The van der Waals surface area contributed by atoms with Crippen LogP contribution in [0, 0.1) is 0 Å². The molecule has 1 unspecified atom stereocenters. The van der Waals surface area contributed by atoms with E-state index < -0.39 is 12.1 Å². The van der Waals surface area contributed by atoms with Crippen LogP contribution in [0.5, 0.6) is 11.5 Å². The summed E-state index contributed by atoms with van der Waals surface area (Å²) in [5.41, 5.74) is -0.128. The Labute approximate surface area is 127 Å². The summed E-state index contributed by atoms with van der Waals surface area (Å²) in [7, 11) is 1.39. The molecule has 21 heavy (non-hydrogen) atoms. The first-order valence-corrected chi connectivity index (χ1v) is 6.96. The average Bonchev–Trinajstić information content (AvgIpc) is 2.65. The molecular formula is C14H16ClNO5. The van der Waals surface area contributed by atoms with Gasteiger partial charge in [-0.25, -0.2) is 4.79 Å². The molecule has 0 bridgehead atoms. The summed E-state index contributed by atoms with van der Waals surface area (Å²) in [4.78, 5) is 23.3. The van der Waals surface area contributed by atoms with E-state index in [4.69, 9.17) is 21.1 Å². The van der Waals surface area contributed by atoms with Crippen LogP contribution in [0.3, 0.4) is 0 Å². The van der Waals surface area contributed by atoms with Gasteiger partial charge in [0.05, 0.1) is 7.11 Å². The molecule has 7 heteroatoms. The fourth-order valence-corrected chi connectivity index (χ4v) is 2.37. The molecule has 1 fully saturated rings. The van der Waals surface area contributed by atoms with Crippen LogP contribution in [0.25, 0.3) is 0 Å². The molecule has 2 N–H and O–H groups in total. The van der Waals surface area contributed by atoms with Gasteiger partial charge in [-0.3, -0.25) is 4.79 Å². The van der Waals surface area contributed by atoms with Gasteiger partial charge in [0.25, 0.3) is 5.91 Å². The predicted octanol–water partition coefficient (Wildman–Crippen LogP) is 2.09. The second-order valence-electron chi connectivity index (χ2n) is 4.68. The first-order valence-electron chi connectivity index (χ1n) is 6.58. The van der Waals surface area contributed by atoms with E-state index in [0.29, 0.717) is 13.0 Å². The van der Waals surface area contributed by atoms with Crippen LogP contribution in [0.15, 0.2) is 12.1 Å². The smallest absolute Gasteiger partial charge is 0.339 e. The van der Waals surface area contributed by atoms with Crippen LogP contribution in [0.2, 0.25) is 5.02 Å². The highest BCUT2D eigenvalue weighted by Gasteiger charge is 2.27. The molecule has 1 aliphatic heterocycles. The van der Waals surface area contributed by atoms with Crippen LogP contribution < -0.4 is 14.8 Å². The zero-order chi connectivity index (χ0) is 15.4. The molecule has 0 radical (unpaired) electrons. The van der Waals surface area contributed by atoms with Crippen molar-refractivity contribution in [3.63, 3.8) is 0 Å². The summed E-state index contributed by atoms with van der Waals surface area (Å²) in [5, 5.41) is 12.2. The lowest BCUT2D eigenvalue weighted by molar-refractivity contribution is -0.127. The summed E-state index contributed by atoms with van der Waals surface area (Å²) >= 11 is 5.86. The van der Waals surface area contributed by atoms with E-state index >= 15 is 0 Å². The number of halogens is 1. The van der Waals surface area contributed by atoms with E-state index in [1.165, 1.54) is 19.2 Å². The molecule has 0 aliphatic carbocycles. The van der Waals surface area contributed by atoms with Crippen molar-refractivity contribution in [1.29, 1.82) is 0 Å². The zero-order valence-corrected chi connectivity index (χ0v) is 12.3. The summed E-state index contributed by atoms with van der Waals surface area (Å²) in [6.45, 7) is 0.599. The fraction of sp³-hybridized carbons (Fsp3) is 0.429. The van der Waals surface area contributed by atoms with Gasteiger partial charge >= 0.3 is 5.97 Å². The number of ether oxygens (including phenoxy) is 2. The molecule has 114 valence electrons. The van der Waals surface area contributed by atoms with Crippen molar-refractivity contribution in [2.75, 3.05) is 13.7 Å². The van der Waals surface area contributed by atoms with E-state index in [0.717, 1.165) is 12.8 Å². The second-order valence-corrected chi connectivity index (χ2v) is 5.12. The van der Waals surface area contributed by atoms with Gasteiger partial charge < -0.3 is 19.9 Å². The zero-order valence-electron chi connectivity index (χ0n) is 11.5. The first-order chi connectivity index (χ1) is 10.0. The Hall–Kier alpha value is -1.95. The lowest BCUT2D eigenvalue weighted by Gasteiger charge is -2.19. The Morgan fingerprint density at radius 1 is 1.43 bits per heavy atom. The summed E-state index contributed by atoms with van der Waals surface area (Å²) < 4.78 is 10.8.